The van der Waals surface area contributed by atoms with Crippen LogP contribution >= 0.6 is 0 Å². The Morgan fingerprint density at radius 2 is 2.36 bits per heavy atom. The summed E-state index contributed by atoms with van der Waals surface area (Å²) in [5.41, 5.74) is 0. The number of aromatic amines is 1. The molecule has 4 nitrogen and oxygen atoms in total. The Morgan fingerprint density at radius 3 is 2.79 bits per heavy atom. The molecule has 6 heteroatoms. The normalized spacial score (nSPS) is 13.7. The van der Waals surface area contributed by atoms with E-state index < -0.39 is 17.7 Å². The maximum absolute atomic E-state index is 12.7. The summed E-state index contributed by atoms with van der Waals surface area (Å²) < 4.78 is 25.4. The van der Waals surface area contributed by atoms with Crippen molar-refractivity contribution in [1.82, 2.24) is 9.97 Å². The van der Waals surface area contributed by atoms with Crippen LogP contribution in [0.25, 0.3) is 0 Å². The highest BCUT2D eigenvalue weighted by molar-refractivity contribution is 5.91. The molecule has 1 aromatic rings. The van der Waals surface area contributed by atoms with Gasteiger partial charge in [0.05, 0.1) is 5.92 Å². The SMILES string of the molecule is CC(C(=O)Nc1ncc[nH]1)C(C)(F)F. The van der Waals surface area contributed by atoms with Gasteiger partial charge in [0, 0.05) is 19.3 Å². The second-order valence-corrected chi connectivity index (χ2v) is 3.11. The zero-order valence-electron chi connectivity index (χ0n) is 7.84. The molecule has 14 heavy (non-hydrogen) atoms. The minimum absolute atomic E-state index is 0.172. The summed E-state index contributed by atoms with van der Waals surface area (Å²) in [6.45, 7) is 1.87. The number of hydrogen-bond acceptors (Lipinski definition) is 2. The third-order valence-electron chi connectivity index (χ3n) is 1.89. The van der Waals surface area contributed by atoms with Gasteiger partial charge in [-0.3, -0.25) is 10.1 Å². The van der Waals surface area contributed by atoms with Crippen molar-refractivity contribution in [3.05, 3.63) is 12.4 Å². The first kappa shape index (κ1) is 10.6. The number of anilines is 1. The summed E-state index contributed by atoms with van der Waals surface area (Å²) in [6.07, 6.45) is 2.91. The van der Waals surface area contributed by atoms with Crippen molar-refractivity contribution in [3.63, 3.8) is 0 Å². The molecule has 1 heterocycles. The number of carbonyl (C=O) groups is 1. The number of rotatable bonds is 3. The number of imidazole rings is 1. The minimum atomic E-state index is -3.03. The van der Waals surface area contributed by atoms with Crippen molar-refractivity contribution in [2.75, 3.05) is 5.32 Å². The third kappa shape index (κ3) is 2.51. The molecule has 1 amide bonds. The molecule has 1 unspecified atom stereocenters. The number of nitrogens with one attached hydrogen (secondary N) is 2. The fourth-order valence-electron chi connectivity index (χ4n) is 0.789. The number of alkyl halides is 2. The average Bonchev–Trinajstić information content (AvgIpc) is 2.53. The van der Waals surface area contributed by atoms with Crippen molar-refractivity contribution >= 4 is 11.9 Å². The van der Waals surface area contributed by atoms with Gasteiger partial charge in [-0.15, -0.1) is 0 Å². The Labute approximate surface area is 79.7 Å². The Kier molecular flexibility index (Phi) is 2.83. The molecule has 2 N–H and O–H groups in total. The van der Waals surface area contributed by atoms with Crippen LogP contribution < -0.4 is 5.32 Å². The maximum Gasteiger partial charge on any atom is 0.256 e. The van der Waals surface area contributed by atoms with E-state index in [0.29, 0.717) is 6.92 Å². The lowest BCUT2D eigenvalue weighted by atomic mass is 10.1. The van der Waals surface area contributed by atoms with Gasteiger partial charge in [0.2, 0.25) is 11.9 Å². The summed E-state index contributed by atoms with van der Waals surface area (Å²) in [5, 5.41) is 2.24. The molecule has 1 atom stereocenters. The number of carbonyl (C=O) groups excluding carboxylic acids is 1. The molecule has 0 saturated heterocycles. The smallest absolute Gasteiger partial charge is 0.256 e. The van der Waals surface area contributed by atoms with Gasteiger partial charge in [-0.2, -0.15) is 0 Å². The van der Waals surface area contributed by atoms with Crippen molar-refractivity contribution in [3.8, 4) is 0 Å². The van der Waals surface area contributed by atoms with Gasteiger partial charge in [-0.05, 0) is 6.92 Å². The number of amides is 1. The van der Waals surface area contributed by atoms with E-state index in [1.165, 1.54) is 12.4 Å². The minimum Gasteiger partial charge on any atom is -0.331 e. The first-order valence-corrected chi connectivity index (χ1v) is 4.09. The largest absolute Gasteiger partial charge is 0.331 e. The van der Waals surface area contributed by atoms with Crippen LogP contribution in [0.3, 0.4) is 0 Å². The van der Waals surface area contributed by atoms with Gasteiger partial charge < -0.3 is 4.98 Å². The van der Waals surface area contributed by atoms with Crippen molar-refractivity contribution < 1.29 is 13.6 Å². The van der Waals surface area contributed by atoms with Crippen molar-refractivity contribution in [2.45, 2.75) is 19.8 Å². The van der Waals surface area contributed by atoms with Gasteiger partial charge in [0.1, 0.15) is 0 Å². The van der Waals surface area contributed by atoms with Crippen LogP contribution in [0.15, 0.2) is 12.4 Å². The van der Waals surface area contributed by atoms with Crippen LogP contribution in [0.4, 0.5) is 14.7 Å². The Hall–Kier alpha value is -1.46. The third-order valence-corrected chi connectivity index (χ3v) is 1.89. The number of aromatic nitrogens is 2. The molecule has 0 aliphatic rings. The molecule has 78 valence electrons. The maximum atomic E-state index is 12.7. The highest BCUT2D eigenvalue weighted by Gasteiger charge is 2.35. The van der Waals surface area contributed by atoms with Gasteiger partial charge >= 0.3 is 0 Å². The van der Waals surface area contributed by atoms with E-state index in [1.54, 1.807) is 0 Å². The van der Waals surface area contributed by atoms with Gasteiger partial charge in [-0.1, -0.05) is 0 Å². The highest BCUT2D eigenvalue weighted by atomic mass is 19.3. The number of halogens is 2. The lowest BCUT2D eigenvalue weighted by Gasteiger charge is -2.17. The summed E-state index contributed by atoms with van der Waals surface area (Å²) in [6, 6.07) is 0. The van der Waals surface area contributed by atoms with E-state index in [4.69, 9.17) is 0 Å². The molecule has 1 rings (SSSR count). The fraction of sp³-hybridized carbons (Fsp3) is 0.500. The molecule has 0 radical (unpaired) electrons. The standard InChI is InChI=1S/C8H11F2N3O/c1-5(8(2,9)10)6(14)13-7-11-3-4-12-7/h3-5H,1-2H3,(H2,11,12,13,14). The molecule has 0 aromatic carbocycles. The van der Waals surface area contributed by atoms with Crippen LogP contribution in [-0.4, -0.2) is 21.8 Å². The van der Waals surface area contributed by atoms with Crippen molar-refractivity contribution in [2.24, 2.45) is 5.92 Å². The molecule has 1 aromatic heterocycles. The molecule has 0 saturated carbocycles. The van der Waals surface area contributed by atoms with E-state index in [0.717, 1.165) is 6.92 Å². The summed E-state index contributed by atoms with van der Waals surface area (Å²) in [4.78, 5) is 17.5. The van der Waals surface area contributed by atoms with E-state index in [-0.39, 0.29) is 5.95 Å². The van der Waals surface area contributed by atoms with Crippen LogP contribution in [0.2, 0.25) is 0 Å². The molecule has 0 bridgehead atoms. The Bertz CT molecular complexity index is 305. The Morgan fingerprint density at radius 1 is 1.71 bits per heavy atom. The van der Waals surface area contributed by atoms with Gasteiger partial charge in [-0.25, -0.2) is 13.8 Å². The highest BCUT2D eigenvalue weighted by Crippen LogP contribution is 2.23. The molecule has 0 spiro atoms. The van der Waals surface area contributed by atoms with E-state index in [1.807, 2.05) is 0 Å². The van der Waals surface area contributed by atoms with Crippen LogP contribution in [0.1, 0.15) is 13.8 Å². The summed E-state index contributed by atoms with van der Waals surface area (Å²) in [7, 11) is 0. The van der Waals surface area contributed by atoms with E-state index >= 15 is 0 Å². The second-order valence-electron chi connectivity index (χ2n) is 3.11. The molecular formula is C8H11F2N3O. The topological polar surface area (TPSA) is 57.8 Å². The molecule has 0 aliphatic heterocycles. The van der Waals surface area contributed by atoms with Crippen LogP contribution in [0, 0.1) is 5.92 Å². The lowest BCUT2D eigenvalue weighted by Crippen LogP contribution is -2.33. The van der Waals surface area contributed by atoms with Crippen LogP contribution in [-0.2, 0) is 4.79 Å². The van der Waals surface area contributed by atoms with Gasteiger partial charge in [0.15, 0.2) is 0 Å². The first-order valence-electron chi connectivity index (χ1n) is 4.09. The molecule has 0 aliphatic carbocycles. The Balaban J connectivity index is 2.59. The zero-order valence-corrected chi connectivity index (χ0v) is 7.84. The second kappa shape index (κ2) is 3.73. The van der Waals surface area contributed by atoms with E-state index in [2.05, 4.69) is 15.3 Å². The quantitative estimate of drug-likeness (QED) is 0.784. The first-order chi connectivity index (χ1) is 6.41. The summed E-state index contributed by atoms with van der Waals surface area (Å²) in [5.74, 6) is -5.00. The zero-order chi connectivity index (χ0) is 10.8. The van der Waals surface area contributed by atoms with E-state index in [9.17, 15) is 13.6 Å². The summed E-state index contributed by atoms with van der Waals surface area (Å²) >= 11 is 0. The predicted molar refractivity (Wildman–Crippen MR) is 47.0 cm³/mol. The average molecular weight is 203 g/mol. The number of nitrogens with zero attached hydrogens (tertiary/aromatic N) is 1. The number of hydrogen-bond donors (Lipinski definition) is 2. The predicted octanol–water partition coefficient (Wildman–Crippen LogP) is 1.64. The molecular weight excluding hydrogens is 192 g/mol. The monoisotopic (exact) mass is 203 g/mol. The van der Waals surface area contributed by atoms with Crippen LogP contribution in [0.5, 0.6) is 0 Å². The van der Waals surface area contributed by atoms with Gasteiger partial charge in [0.25, 0.3) is 5.92 Å². The van der Waals surface area contributed by atoms with Crippen molar-refractivity contribution in [1.29, 1.82) is 0 Å². The molecule has 0 fully saturated rings. The lowest BCUT2D eigenvalue weighted by molar-refractivity contribution is -0.130. The number of H-pyrrole nitrogens is 1. The fourth-order valence-corrected chi connectivity index (χ4v) is 0.789.